The number of benzene rings is 2. The van der Waals surface area contributed by atoms with E-state index in [1.807, 2.05) is 48.5 Å². The van der Waals surface area contributed by atoms with Crippen molar-refractivity contribution in [2.75, 3.05) is 0 Å². The third-order valence-electron chi connectivity index (χ3n) is 4.14. The molecule has 0 saturated heterocycles. The molecule has 0 amide bonds. The number of ether oxygens (including phenoxy) is 1. The zero-order chi connectivity index (χ0) is 15.9. The first kappa shape index (κ1) is 14.4. The molecule has 2 aromatic carbocycles. The van der Waals surface area contributed by atoms with E-state index in [-0.39, 0.29) is 0 Å². The lowest BCUT2D eigenvalue weighted by Crippen LogP contribution is -2.33. The van der Waals surface area contributed by atoms with Crippen molar-refractivity contribution in [1.82, 2.24) is 14.8 Å². The average Bonchev–Trinajstić information content (AvgIpc) is 3.16. The minimum absolute atomic E-state index is 0.405. The van der Waals surface area contributed by atoms with E-state index in [0.717, 1.165) is 16.7 Å². The number of nitrogens with zero attached hydrogens (tertiary/aromatic N) is 3. The van der Waals surface area contributed by atoms with Crippen LogP contribution in [0.4, 0.5) is 0 Å². The number of hydrogen-bond donors (Lipinski definition) is 1. The van der Waals surface area contributed by atoms with Crippen LogP contribution in [-0.4, -0.2) is 19.9 Å². The number of fused-ring (bicyclic) bond motifs is 1. The Hall–Kier alpha value is -2.21. The van der Waals surface area contributed by atoms with Gasteiger partial charge in [-0.25, -0.2) is 9.67 Å². The lowest BCUT2D eigenvalue weighted by Gasteiger charge is -2.30. The van der Waals surface area contributed by atoms with Crippen LogP contribution in [0.15, 0.2) is 61.2 Å². The predicted molar refractivity (Wildman–Crippen MR) is 84.7 cm³/mol. The summed E-state index contributed by atoms with van der Waals surface area (Å²) in [5.74, 6) is 0. The molecule has 2 atom stereocenters. The van der Waals surface area contributed by atoms with Crippen molar-refractivity contribution in [2.45, 2.75) is 18.4 Å². The average molecular weight is 328 g/mol. The van der Waals surface area contributed by atoms with Crippen LogP contribution in [0.1, 0.15) is 23.0 Å². The monoisotopic (exact) mass is 327 g/mol. The van der Waals surface area contributed by atoms with Gasteiger partial charge in [0.1, 0.15) is 18.3 Å². The summed E-state index contributed by atoms with van der Waals surface area (Å²) in [5, 5.41) is 15.2. The number of aliphatic hydroxyl groups is 1. The maximum absolute atomic E-state index is 10.4. The molecule has 1 aromatic heterocycles. The molecule has 116 valence electrons. The van der Waals surface area contributed by atoms with Crippen molar-refractivity contribution >= 4 is 11.6 Å². The number of rotatable bonds is 3. The SMILES string of the molecule is OC1OC(Cn2cncn2)(c2ccc(Cl)cc2)c2ccccc21. The van der Waals surface area contributed by atoms with Crippen LogP contribution in [0.5, 0.6) is 0 Å². The van der Waals surface area contributed by atoms with Gasteiger partial charge in [0.05, 0.1) is 6.54 Å². The Bertz CT molecular complexity index is 820. The van der Waals surface area contributed by atoms with E-state index in [0.29, 0.717) is 11.6 Å². The Morgan fingerprint density at radius 1 is 1.17 bits per heavy atom. The van der Waals surface area contributed by atoms with E-state index >= 15 is 0 Å². The summed E-state index contributed by atoms with van der Waals surface area (Å²) in [6.45, 7) is 0.405. The fraction of sp³-hybridized carbons (Fsp3) is 0.176. The first-order chi connectivity index (χ1) is 11.2. The molecule has 0 aliphatic carbocycles. The Morgan fingerprint density at radius 2 is 1.96 bits per heavy atom. The van der Waals surface area contributed by atoms with E-state index < -0.39 is 11.9 Å². The molecule has 0 fully saturated rings. The molecule has 2 heterocycles. The highest BCUT2D eigenvalue weighted by atomic mass is 35.5. The fourth-order valence-corrected chi connectivity index (χ4v) is 3.22. The van der Waals surface area contributed by atoms with Gasteiger partial charge >= 0.3 is 0 Å². The zero-order valence-electron chi connectivity index (χ0n) is 12.1. The van der Waals surface area contributed by atoms with E-state index in [1.54, 1.807) is 11.0 Å². The second-order valence-corrected chi connectivity index (χ2v) is 5.92. The van der Waals surface area contributed by atoms with Crippen LogP contribution in [0.25, 0.3) is 0 Å². The molecule has 0 radical (unpaired) electrons. The van der Waals surface area contributed by atoms with Gasteiger partial charge in [-0.15, -0.1) is 0 Å². The van der Waals surface area contributed by atoms with Crippen molar-refractivity contribution in [1.29, 1.82) is 0 Å². The van der Waals surface area contributed by atoms with Crippen molar-refractivity contribution < 1.29 is 9.84 Å². The molecule has 0 bridgehead atoms. The van der Waals surface area contributed by atoms with E-state index in [4.69, 9.17) is 16.3 Å². The fourth-order valence-electron chi connectivity index (χ4n) is 3.10. The van der Waals surface area contributed by atoms with Crippen LogP contribution < -0.4 is 0 Å². The molecule has 0 spiro atoms. The van der Waals surface area contributed by atoms with Crippen LogP contribution in [0, 0.1) is 0 Å². The molecule has 1 N–H and O–H groups in total. The second kappa shape index (κ2) is 5.45. The van der Waals surface area contributed by atoms with Gasteiger partial charge in [-0.05, 0) is 23.3 Å². The molecular weight excluding hydrogens is 314 g/mol. The van der Waals surface area contributed by atoms with Crippen LogP contribution in [-0.2, 0) is 16.9 Å². The summed E-state index contributed by atoms with van der Waals surface area (Å²) in [6.07, 6.45) is 2.13. The minimum Gasteiger partial charge on any atom is -0.364 e. The molecule has 1 aliphatic heterocycles. The largest absolute Gasteiger partial charge is 0.364 e. The van der Waals surface area contributed by atoms with E-state index in [1.165, 1.54) is 6.33 Å². The topological polar surface area (TPSA) is 60.2 Å². The highest BCUT2D eigenvalue weighted by Crippen LogP contribution is 2.47. The highest BCUT2D eigenvalue weighted by Gasteiger charge is 2.46. The molecular formula is C17H14ClN3O2. The first-order valence-corrected chi connectivity index (χ1v) is 7.60. The number of aromatic nitrogens is 3. The smallest absolute Gasteiger partial charge is 0.183 e. The minimum atomic E-state index is -0.981. The second-order valence-electron chi connectivity index (χ2n) is 5.48. The van der Waals surface area contributed by atoms with Gasteiger partial charge in [-0.3, -0.25) is 0 Å². The molecule has 2 unspecified atom stereocenters. The van der Waals surface area contributed by atoms with Gasteiger partial charge in [0.15, 0.2) is 6.29 Å². The standard InChI is InChI=1S/C17H14ClN3O2/c18-13-7-5-12(6-8-13)17(9-21-11-19-10-20-21)15-4-2-1-3-14(15)16(22)23-17/h1-8,10-11,16,22H,9H2. The van der Waals surface area contributed by atoms with Crippen molar-refractivity contribution in [3.8, 4) is 0 Å². The third kappa shape index (κ3) is 2.34. The first-order valence-electron chi connectivity index (χ1n) is 7.23. The summed E-state index contributed by atoms with van der Waals surface area (Å²) in [4.78, 5) is 3.99. The molecule has 5 nitrogen and oxygen atoms in total. The Morgan fingerprint density at radius 3 is 2.70 bits per heavy atom. The summed E-state index contributed by atoms with van der Waals surface area (Å²) >= 11 is 6.02. The maximum Gasteiger partial charge on any atom is 0.183 e. The summed E-state index contributed by atoms with van der Waals surface area (Å²) in [6, 6.07) is 15.1. The van der Waals surface area contributed by atoms with Gasteiger partial charge in [0, 0.05) is 10.6 Å². The number of hydrogen-bond acceptors (Lipinski definition) is 4. The summed E-state index contributed by atoms with van der Waals surface area (Å²) < 4.78 is 7.74. The van der Waals surface area contributed by atoms with Crippen molar-refractivity contribution in [3.63, 3.8) is 0 Å². The number of aliphatic hydroxyl groups excluding tert-OH is 1. The Kier molecular flexibility index (Phi) is 3.41. The Balaban J connectivity index is 1.90. The molecule has 1 aliphatic rings. The molecule has 0 saturated carbocycles. The van der Waals surface area contributed by atoms with Crippen LogP contribution >= 0.6 is 11.6 Å². The molecule has 4 rings (SSSR count). The quantitative estimate of drug-likeness (QED) is 0.803. The van der Waals surface area contributed by atoms with Crippen LogP contribution in [0.2, 0.25) is 5.02 Å². The molecule has 3 aromatic rings. The van der Waals surface area contributed by atoms with Gasteiger partial charge < -0.3 is 9.84 Å². The normalized spacial score (nSPS) is 23.0. The Labute approximate surface area is 138 Å². The highest BCUT2D eigenvalue weighted by molar-refractivity contribution is 6.30. The summed E-state index contributed by atoms with van der Waals surface area (Å²) in [7, 11) is 0. The van der Waals surface area contributed by atoms with Gasteiger partial charge in [-0.2, -0.15) is 5.10 Å². The third-order valence-corrected chi connectivity index (χ3v) is 4.39. The zero-order valence-corrected chi connectivity index (χ0v) is 12.9. The van der Waals surface area contributed by atoms with Crippen LogP contribution in [0.3, 0.4) is 0 Å². The predicted octanol–water partition coefficient (Wildman–Crippen LogP) is 2.90. The lowest BCUT2D eigenvalue weighted by molar-refractivity contribution is -0.161. The van der Waals surface area contributed by atoms with Gasteiger partial charge in [-0.1, -0.05) is 48.0 Å². The van der Waals surface area contributed by atoms with E-state index in [9.17, 15) is 5.11 Å². The van der Waals surface area contributed by atoms with Crippen molar-refractivity contribution in [3.05, 3.63) is 82.9 Å². The molecule has 6 heteroatoms. The van der Waals surface area contributed by atoms with E-state index in [2.05, 4.69) is 10.1 Å². The van der Waals surface area contributed by atoms with Gasteiger partial charge in [0.25, 0.3) is 0 Å². The van der Waals surface area contributed by atoms with Gasteiger partial charge in [0.2, 0.25) is 0 Å². The lowest BCUT2D eigenvalue weighted by atomic mass is 9.85. The number of halogens is 1. The maximum atomic E-state index is 10.4. The molecule has 23 heavy (non-hydrogen) atoms. The van der Waals surface area contributed by atoms with Crippen molar-refractivity contribution in [2.24, 2.45) is 0 Å². The summed E-state index contributed by atoms with van der Waals surface area (Å²) in [5.41, 5.74) is 1.75.